The van der Waals surface area contributed by atoms with Gasteiger partial charge in [0.15, 0.2) is 23.6 Å². The molecule has 2 aromatic heterocycles. The van der Waals surface area contributed by atoms with Crippen molar-refractivity contribution in [3.05, 3.63) is 59.6 Å². The fraction of sp³-hybridized carbons (Fsp3) is 0.455. The second-order valence-corrected chi connectivity index (χ2v) is 12.0. The maximum atomic E-state index is 13.9. The molecule has 2 aliphatic rings. The molecule has 1 aliphatic heterocycles. The van der Waals surface area contributed by atoms with E-state index in [1.165, 1.54) is 26.8 Å². The SMILES string of the molecule is CCc1ocnc1C(=O)N1CCNC(=O)[C@@H](CC(C)C)NC(=O)C2(CC2)NC(=O)c2cncc(c2)-c2cc(cc(OC)c2OC)C1. The van der Waals surface area contributed by atoms with Gasteiger partial charge in [0.05, 0.1) is 19.8 Å². The molecule has 1 spiro atoms. The van der Waals surface area contributed by atoms with E-state index in [2.05, 4.69) is 25.9 Å². The summed E-state index contributed by atoms with van der Waals surface area (Å²) in [6.07, 6.45) is 6.03. The van der Waals surface area contributed by atoms with E-state index in [9.17, 15) is 19.2 Å². The summed E-state index contributed by atoms with van der Waals surface area (Å²) in [5.41, 5.74) is 1.19. The summed E-state index contributed by atoms with van der Waals surface area (Å²) >= 11 is 0. The van der Waals surface area contributed by atoms with E-state index in [0.29, 0.717) is 59.6 Å². The topological polar surface area (TPSA) is 165 Å². The number of methoxy groups -OCH3 is 2. The third-order valence-electron chi connectivity index (χ3n) is 8.22. The first-order chi connectivity index (χ1) is 22.1. The molecule has 0 saturated heterocycles. The Bertz CT molecular complexity index is 1630. The Labute approximate surface area is 267 Å². The Hall–Kier alpha value is -4.94. The van der Waals surface area contributed by atoms with Crippen LogP contribution in [0.5, 0.6) is 11.5 Å². The van der Waals surface area contributed by atoms with Crippen LogP contribution in [0.1, 0.15) is 72.2 Å². The Morgan fingerprint density at radius 3 is 2.54 bits per heavy atom. The summed E-state index contributed by atoms with van der Waals surface area (Å²) in [6.45, 7) is 6.17. The van der Waals surface area contributed by atoms with E-state index in [1.807, 2.05) is 26.8 Å². The van der Waals surface area contributed by atoms with Crippen molar-refractivity contribution in [1.29, 1.82) is 0 Å². The van der Waals surface area contributed by atoms with E-state index < -0.39 is 23.4 Å². The predicted octanol–water partition coefficient (Wildman–Crippen LogP) is 2.88. The molecule has 1 aromatic carbocycles. The van der Waals surface area contributed by atoms with Crippen molar-refractivity contribution in [3.8, 4) is 22.6 Å². The lowest BCUT2D eigenvalue weighted by molar-refractivity contribution is -0.130. The second-order valence-electron chi connectivity index (χ2n) is 12.0. The van der Waals surface area contributed by atoms with E-state index in [4.69, 9.17) is 13.9 Å². The highest BCUT2D eigenvalue weighted by Crippen LogP contribution is 2.40. The number of aryl methyl sites for hydroxylation is 1. The van der Waals surface area contributed by atoms with Gasteiger partial charge < -0.3 is 34.7 Å². The molecule has 13 nitrogen and oxygen atoms in total. The van der Waals surface area contributed by atoms with Gasteiger partial charge >= 0.3 is 0 Å². The van der Waals surface area contributed by atoms with Gasteiger partial charge in [-0.1, -0.05) is 20.8 Å². The molecule has 0 unspecified atom stereocenters. The number of hydrogen-bond acceptors (Lipinski definition) is 9. The third kappa shape index (κ3) is 6.82. The zero-order chi connectivity index (χ0) is 33.0. The lowest BCUT2D eigenvalue weighted by atomic mass is 10.00. The Kier molecular flexibility index (Phi) is 9.59. The molecule has 13 heteroatoms. The van der Waals surface area contributed by atoms with Crippen LogP contribution in [0.2, 0.25) is 0 Å². The molecule has 4 bridgehead atoms. The number of rotatable bonds is 6. The van der Waals surface area contributed by atoms with Gasteiger partial charge in [0.2, 0.25) is 11.8 Å². The molecule has 46 heavy (non-hydrogen) atoms. The van der Waals surface area contributed by atoms with Crippen molar-refractivity contribution in [1.82, 2.24) is 30.8 Å². The number of oxazole rings is 1. The number of carbonyl (C=O) groups is 4. The van der Waals surface area contributed by atoms with Crippen molar-refractivity contribution in [2.24, 2.45) is 5.92 Å². The van der Waals surface area contributed by atoms with Gasteiger partial charge in [-0.3, -0.25) is 24.2 Å². The van der Waals surface area contributed by atoms with Crippen LogP contribution in [0.4, 0.5) is 0 Å². The number of fused-ring (bicyclic) bond motifs is 5. The Morgan fingerprint density at radius 2 is 1.87 bits per heavy atom. The summed E-state index contributed by atoms with van der Waals surface area (Å²) in [7, 11) is 3.03. The number of amides is 4. The molecule has 0 radical (unpaired) electrons. The maximum absolute atomic E-state index is 13.9. The number of nitrogens with zero attached hydrogens (tertiary/aromatic N) is 3. The van der Waals surface area contributed by atoms with Gasteiger partial charge in [0, 0.05) is 49.6 Å². The van der Waals surface area contributed by atoms with Crippen LogP contribution in [0.3, 0.4) is 0 Å². The highest BCUT2D eigenvalue weighted by Gasteiger charge is 2.52. The fourth-order valence-electron chi connectivity index (χ4n) is 5.62. The van der Waals surface area contributed by atoms with Gasteiger partial charge in [-0.15, -0.1) is 0 Å². The van der Waals surface area contributed by atoms with Crippen LogP contribution < -0.4 is 25.4 Å². The fourth-order valence-corrected chi connectivity index (χ4v) is 5.62. The van der Waals surface area contributed by atoms with Crippen molar-refractivity contribution < 1.29 is 33.1 Å². The quantitative estimate of drug-likeness (QED) is 0.371. The number of pyridine rings is 1. The lowest BCUT2D eigenvalue weighted by Gasteiger charge is -2.26. The first-order valence-corrected chi connectivity index (χ1v) is 15.4. The summed E-state index contributed by atoms with van der Waals surface area (Å²) in [4.78, 5) is 64.3. The summed E-state index contributed by atoms with van der Waals surface area (Å²) in [6, 6.07) is 4.46. The normalized spacial score (nSPS) is 18.3. The number of hydrogen-bond donors (Lipinski definition) is 3. The van der Waals surface area contributed by atoms with E-state index in [1.54, 1.807) is 23.2 Å². The van der Waals surface area contributed by atoms with E-state index >= 15 is 0 Å². The minimum atomic E-state index is -1.12. The third-order valence-corrected chi connectivity index (χ3v) is 8.22. The van der Waals surface area contributed by atoms with Crippen molar-refractivity contribution >= 4 is 23.6 Å². The van der Waals surface area contributed by atoms with Gasteiger partial charge in [-0.25, -0.2) is 4.98 Å². The molecule has 3 N–H and O–H groups in total. The number of aromatic nitrogens is 2. The molecular formula is C33H40N6O7. The van der Waals surface area contributed by atoms with Crippen LogP contribution in [-0.4, -0.2) is 77.4 Å². The molecule has 5 rings (SSSR count). The molecule has 1 aliphatic carbocycles. The Balaban J connectivity index is 1.59. The first-order valence-electron chi connectivity index (χ1n) is 15.4. The summed E-state index contributed by atoms with van der Waals surface area (Å²) in [5, 5.41) is 8.65. The number of carbonyl (C=O) groups excluding carboxylic acids is 4. The van der Waals surface area contributed by atoms with Crippen molar-refractivity contribution in [2.45, 2.75) is 64.6 Å². The molecule has 3 heterocycles. The number of benzene rings is 1. The smallest absolute Gasteiger partial charge is 0.276 e. The number of ether oxygens (including phenoxy) is 2. The molecule has 1 atom stereocenters. The highest BCUT2D eigenvalue weighted by molar-refractivity contribution is 6.02. The van der Waals surface area contributed by atoms with Crippen molar-refractivity contribution in [2.75, 3.05) is 27.3 Å². The highest BCUT2D eigenvalue weighted by atomic mass is 16.5. The molecule has 1 saturated carbocycles. The first kappa shape index (κ1) is 32.5. The minimum absolute atomic E-state index is 0.101. The summed E-state index contributed by atoms with van der Waals surface area (Å²) < 4.78 is 16.8. The predicted molar refractivity (Wildman–Crippen MR) is 167 cm³/mol. The molecule has 3 aromatic rings. The van der Waals surface area contributed by atoms with Crippen LogP contribution in [-0.2, 0) is 22.6 Å². The standard InChI is InChI=1S/C33H40N6O7/c1-6-25-27(36-18-46-25)31(42)39-10-9-35-30(41)24(11-19(2)3)37-32(43)33(7-8-33)38-29(40)22-14-21(15-34-16-22)23-12-20(17-39)13-26(44-4)28(23)45-5/h12-16,18-19,24H,6-11,17H2,1-5H3,(H,35,41)(H,37,43)(H,38,40)/t24-/m1/s1. The van der Waals surface area contributed by atoms with Crippen LogP contribution >= 0.6 is 0 Å². The van der Waals surface area contributed by atoms with Gasteiger partial charge in [-0.2, -0.15) is 0 Å². The van der Waals surface area contributed by atoms with Gasteiger partial charge in [0.1, 0.15) is 17.3 Å². The average molecular weight is 633 g/mol. The van der Waals surface area contributed by atoms with Crippen LogP contribution in [0, 0.1) is 5.92 Å². The monoisotopic (exact) mass is 632 g/mol. The average Bonchev–Trinajstić information content (AvgIpc) is 3.67. The van der Waals surface area contributed by atoms with Gasteiger partial charge in [-0.05, 0) is 48.9 Å². The number of nitrogens with one attached hydrogen (secondary N) is 3. The molecule has 244 valence electrons. The molecular weight excluding hydrogens is 592 g/mol. The van der Waals surface area contributed by atoms with Crippen LogP contribution in [0.25, 0.3) is 11.1 Å². The minimum Gasteiger partial charge on any atom is -0.493 e. The molecule has 1 fully saturated rings. The largest absolute Gasteiger partial charge is 0.493 e. The van der Waals surface area contributed by atoms with Crippen LogP contribution in [0.15, 0.2) is 41.4 Å². The maximum Gasteiger partial charge on any atom is 0.276 e. The second kappa shape index (κ2) is 13.6. The van der Waals surface area contributed by atoms with Crippen molar-refractivity contribution in [3.63, 3.8) is 0 Å². The lowest BCUT2D eigenvalue weighted by Crippen LogP contribution is -2.56. The van der Waals surface area contributed by atoms with Gasteiger partial charge in [0.25, 0.3) is 11.8 Å². The zero-order valence-corrected chi connectivity index (χ0v) is 26.8. The zero-order valence-electron chi connectivity index (χ0n) is 26.8. The summed E-state index contributed by atoms with van der Waals surface area (Å²) in [5.74, 6) is -0.231. The van der Waals surface area contributed by atoms with E-state index in [-0.39, 0.29) is 48.6 Å². The molecule has 4 amide bonds. The Morgan fingerprint density at radius 1 is 1.11 bits per heavy atom. The van der Waals surface area contributed by atoms with E-state index in [0.717, 1.165) is 0 Å².